The van der Waals surface area contributed by atoms with E-state index < -0.39 is 5.41 Å². The normalized spacial score (nSPS) is 13.1. The fourth-order valence-corrected chi connectivity index (χ4v) is 10.9. The Hall–Kier alpha value is -7.20. The minimum Gasteiger partial charge on any atom is -0.457 e. The van der Waals surface area contributed by atoms with Gasteiger partial charge in [0.05, 0.1) is 5.41 Å². The topological polar surface area (TPSA) is 12.5 Å². The maximum absolute atomic E-state index is 6.85. The number of benzene rings is 9. The van der Waals surface area contributed by atoms with E-state index in [-0.39, 0.29) is 0 Å². The van der Waals surface area contributed by atoms with E-state index in [0.29, 0.717) is 0 Å². The van der Waals surface area contributed by atoms with Gasteiger partial charge in [-0.2, -0.15) is 0 Å². The summed E-state index contributed by atoms with van der Waals surface area (Å²) in [5.74, 6) is 1.78. The van der Waals surface area contributed by atoms with E-state index in [9.17, 15) is 0 Å². The molecule has 58 heavy (non-hydrogen) atoms. The lowest BCUT2D eigenvalue weighted by molar-refractivity contribution is 0.436. The van der Waals surface area contributed by atoms with E-state index in [1.807, 2.05) is 11.3 Å². The largest absolute Gasteiger partial charge is 0.457 e. The van der Waals surface area contributed by atoms with Crippen LogP contribution in [0.15, 0.2) is 212 Å². The second kappa shape index (κ2) is 12.9. The molecule has 0 amide bonds. The summed E-state index contributed by atoms with van der Waals surface area (Å²) in [4.78, 5) is 2.35. The van der Waals surface area contributed by atoms with Crippen molar-refractivity contribution < 1.29 is 4.74 Å². The Morgan fingerprint density at radius 2 is 0.931 bits per heavy atom. The summed E-state index contributed by atoms with van der Waals surface area (Å²) in [7, 11) is 0. The molecule has 2 nitrogen and oxygen atoms in total. The number of hydrogen-bond donors (Lipinski definition) is 0. The van der Waals surface area contributed by atoms with Crippen LogP contribution in [0.5, 0.6) is 11.5 Å². The van der Waals surface area contributed by atoms with Crippen molar-refractivity contribution in [2.75, 3.05) is 4.90 Å². The number of thiophene rings is 1. The second-order valence-electron chi connectivity index (χ2n) is 15.2. The van der Waals surface area contributed by atoms with Crippen molar-refractivity contribution in [3.63, 3.8) is 0 Å². The van der Waals surface area contributed by atoms with E-state index in [4.69, 9.17) is 4.74 Å². The molecule has 0 unspecified atom stereocenters. The van der Waals surface area contributed by atoms with Gasteiger partial charge in [-0.3, -0.25) is 0 Å². The van der Waals surface area contributed by atoms with Crippen molar-refractivity contribution >= 4 is 48.6 Å². The first-order chi connectivity index (χ1) is 28.8. The lowest BCUT2D eigenvalue weighted by Gasteiger charge is -2.39. The van der Waals surface area contributed by atoms with Crippen LogP contribution in [0.1, 0.15) is 22.3 Å². The van der Waals surface area contributed by atoms with Crippen LogP contribution in [0.4, 0.5) is 17.1 Å². The Balaban J connectivity index is 0.961. The van der Waals surface area contributed by atoms with E-state index in [0.717, 1.165) is 39.7 Å². The van der Waals surface area contributed by atoms with Gasteiger partial charge >= 0.3 is 0 Å². The molecule has 10 aromatic rings. The fourth-order valence-electron chi connectivity index (χ4n) is 9.65. The maximum Gasteiger partial charge on any atom is 0.132 e. The van der Waals surface area contributed by atoms with Gasteiger partial charge in [-0.1, -0.05) is 158 Å². The SMILES string of the molecule is c1ccc(N(c2ccc(-c3cccc4c3sc3ccccc34)cc2)c2cccc(-c3ccc4c(c3)Oc3ccccc3C43c4ccccc4-c4ccccc43)c2)cc1. The predicted molar refractivity (Wildman–Crippen MR) is 242 cm³/mol. The quantitative estimate of drug-likeness (QED) is 0.173. The Morgan fingerprint density at radius 3 is 1.74 bits per heavy atom. The zero-order valence-corrected chi connectivity index (χ0v) is 32.3. The van der Waals surface area contributed by atoms with E-state index in [1.165, 1.54) is 64.7 Å². The number of fused-ring (bicyclic) bond motifs is 12. The van der Waals surface area contributed by atoms with Gasteiger partial charge < -0.3 is 9.64 Å². The Bertz CT molecular complexity index is 3170. The minimum absolute atomic E-state index is 0.476. The molecular formula is C55H35NOS. The summed E-state index contributed by atoms with van der Waals surface area (Å²) in [5, 5.41) is 2.63. The Morgan fingerprint density at radius 1 is 0.362 bits per heavy atom. The monoisotopic (exact) mass is 757 g/mol. The average molecular weight is 758 g/mol. The molecule has 1 spiro atoms. The summed E-state index contributed by atoms with van der Waals surface area (Å²) < 4.78 is 9.50. The molecule has 1 aliphatic carbocycles. The predicted octanol–water partition coefficient (Wildman–Crippen LogP) is 15.3. The van der Waals surface area contributed by atoms with Crippen molar-refractivity contribution in [3.05, 3.63) is 235 Å². The van der Waals surface area contributed by atoms with Crippen LogP contribution in [0.2, 0.25) is 0 Å². The molecular weight excluding hydrogens is 723 g/mol. The third kappa shape index (κ3) is 4.84. The fraction of sp³-hybridized carbons (Fsp3) is 0.0182. The molecule has 0 saturated heterocycles. The Kier molecular flexibility index (Phi) is 7.35. The van der Waals surface area contributed by atoms with Crippen LogP contribution < -0.4 is 9.64 Å². The van der Waals surface area contributed by atoms with Crippen LogP contribution in [-0.4, -0.2) is 0 Å². The third-order valence-corrected chi connectivity index (χ3v) is 13.4. The third-order valence-electron chi connectivity index (χ3n) is 12.1. The van der Waals surface area contributed by atoms with E-state index >= 15 is 0 Å². The highest BCUT2D eigenvalue weighted by molar-refractivity contribution is 7.26. The second-order valence-corrected chi connectivity index (χ2v) is 16.3. The van der Waals surface area contributed by atoms with Gasteiger partial charge in [-0.15, -0.1) is 11.3 Å². The molecule has 12 rings (SSSR count). The lowest BCUT2D eigenvalue weighted by atomic mass is 9.66. The van der Waals surface area contributed by atoms with Crippen LogP contribution in [-0.2, 0) is 5.41 Å². The van der Waals surface area contributed by atoms with Crippen molar-refractivity contribution in [1.29, 1.82) is 0 Å². The number of ether oxygens (including phenoxy) is 1. The number of hydrogen-bond acceptors (Lipinski definition) is 3. The molecule has 2 heterocycles. The Labute approximate surface area is 341 Å². The first kappa shape index (κ1) is 33.0. The molecule has 0 N–H and O–H groups in total. The van der Waals surface area contributed by atoms with Gasteiger partial charge in [0.2, 0.25) is 0 Å². The molecule has 0 atom stereocenters. The van der Waals surface area contributed by atoms with Gasteiger partial charge in [0, 0.05) is 48.4 Å². The number of nitrogens with zero attached hydrogens (tertiary/aromatic N) is 1. The summed E-state index contributed by atoms with van der Waals surface area (Å²) in [6.07, 6.45) is 0. The van der Waals surface area contributed by atoms with Crippen molar-refractivity contribution in [3.8, 4) is 44.9 Å². The van der Waals surface area contributed by atoms with Gasteiger partial charge in [-0.05, 0) is 99.1 Å². The summed E-state index contributed by atoms with van der Waals surface area (Å²) in [5.41, 5.74) is 15.0. The van der Waals surface area contributed by atoms with Crippen molar-refractivity contribution in [2.45, 2.75) is 5.41 Å². The summed E-state index contributed by atoms with van der Waals surface area (Å²) >= 11 is 1.87. The van der Waals surface area contributed by atoms with E-state index in [2.05, 4.69) is 217 Å². The van der Waals surface area contributed by atoms with Crippen molar-refractivity contribution in [2.24, 2.45) is 0 Å². The standard InChI is InChI=1S/C55H35NOS/c1-2-15-39(16-3-1)56(40-31-28-36(29-32-40)42-21-13-22-46-45-20-6-11-27-53(45)58-54(42)46)41-17-12-14-37(34-41)38-30-33-50-52(35-38)57-51-26-10-9-25-49(51)55(50)47-23-7-4-18-43(47)44-19-5-8-24-48(44)55/h1-35H. The molecule has 2 aliphatic rings. The smallest absolute Gasteiger partial charge is 0.132 e. The molecule has 272 valence electrons. The van der Waals surface area contributed by atoms with Crippen LogP contribution >= 0.6 is 11.3 Å². The zero-order valence-electron chi connectivity index (χ0n) is 31.5. The number of rotatable bonds is 5. The molecule has 0 fully saturated rings. The van der Waals surface area contributed by atoms with Gasteiger partial charge in [-0.25, -0.2) is 0 Å². The van der Waals surface area contributed by atoms with Crippen molar-refractivity contribution in [1.82, 2.24) is 0 Å². The first-order valence-corrected chi connectivity index (χ1v) is 20.6. The highest BCUT2D eigenvalue weighted by Crippen LogP contribution is 2.62. The van der Waals surface area contributed by atoms with Crippen LogP contribution in [0.25, 0.3) is 53.6 Å². The number of anilines is 3. The molecule has 0 saturated carbocycles. The first-order valence-electron chi connectivity index (χ1n) is 19.8. The van der Waals surface area contributed by atoms with Crippen LogP contribution in [0.3, 0.4) is 0 Å². The lowest BCUT2D eigenvalue weighted by Crippen LogP contribution is -2.32. The zero-order chi connectivity index (χ0) is 38.2. The number of para-hydroxylation sites is 2. The van der Waals surface area contributed by atoms with E-state index in [1.54, 1.807) is 0 Å². The molecule has 1 aliphatic heterocycles. The molecule has 0 radical (unpaired) electrons. The maximum atomic E-state index is 6.85. The highest BCUT2D eigenvalue weighted by atomic mass is 32.1. The van der Waals surface area contributed by atoms with Gasteiger partial charge in [0.25, 0.3) is 0 Å². The molecule has 0 bridgehead atoms. The summed E-state index contributed by atoms with van der Waals surface area (Å²) in [6, 6.07) is 77.1. The molecule has 9 aromatic carbocycles. The highest BCUT2D eigenvalue weighted by Gasteiger charge is 2.50. The van der Waals surface area contributed by atoms with Gasteiger partial charge in [0.15, 0.2) is 0 Å². The summed E-state index contributed by atoms with van der Waals surface area (Å²) in [6.45, 7) is 0. The minimum atomic E-state index is -0.476. The van der Waals surface area contributed by atoms with Gasteiger partial charge in [0.1, 0.15) is 11.5 Å². The van der Waals surface area contributed by atoms with Crippen LogP contribution in [0, 0.1) is 0 Å². The molecule has 1 aromatic heterocycles. The average Bonchev–Trinajstić information content (AvgIpc) is 3.82. The molecule has 3 heteroatoms.